The van der Waals surface area contributed by atoms with Crippen LogP contribution in [-0.2, 0) is 6.54 Å². The highest BCUT2D eigenvalue weighted by Crippen LogP contribution is 2.57. The lowest BCUT2D eigenvalue weighted by molar-refractivity contribution is -0.102. The highest BCUT2D eigenvalue weighted by atomic mass is 15.3. The summed E-state index contributed by atoms with van der Waals surface area (Å²) >= 11 is 0. The molecule has 1 aliphatic heterocycles. The Hall–Kier alpha value is -1.39. The second-order valence-electron chi connectivity index (χ2n) is 10.1. The first-order valence-corrected chi connectivity index (χ1v) is 11.1. The molecule has 0 radical (unpaired) electrons. The lowest BCUT2D eigenvalue weighted by Gasteiger charge is -2.61. The van der Waals surface area contributed by atoms with Crippen molar-refractivity contribution in [3.8, 4) is 0 Å². The molecule has 0 atom stereocenters. The van der Waals surface area contributed by atoms with Crippen molar-refractivity contribution in [3.05, 3.63) is 29.6 Å². The fourth-order valence-electron chi connectivity index (χ4n) is 7.30. The third-order valence-electron chi connectivity index (χ3n) is 8.11. The van der Waals surface area contributed by atoms with Crippen LogP contribution in [0.2, 0.25) is 0 Å². The third-order valence-corrected chi connectivity index (χ3v) is 8.11. The summed E-state index contributed by atoms with van der Waals surface area (Å²) in [6.45, 7) is 8.00. The molecule has 4 nitrogen and oxygen atoms in total. The summed E-state index contributed by atoms with van der Waals surface area (Å²) in [5.41, 5.74) is 4.15. The molecule has 2 aromatic rings. The number of nitrogens with one attached hydrogen (secondary N) is 1. The topological polar surface area (TPSA) is 35.2 Å². The number of aromatic amines is 1. The molecule has 1 N–H and O–H groups in total. The fraction of sp³-hybridized carbons (Fsp3) is 0.696. The summed E-state index contributed by atoms with van der Waals surface area (Å²) in [7, 11) is 0. The number of nitrogens with zero attached hydrogens (tertiary/aromatic N) is 3. The number of H-pyrrole nitrogens is 1. The van der Waals surface area contributed by atoms with Gasteiger partial charge in [0.15, 0.2) is 0 Å². The van der Waals surface area contributed by atoms with Crippen LogP contribution in [0.4, 0.5) is 0 Å². The number of aromatic nitrogens is 2. The largest absolute Gasteiger partial charge is 0.341 e. The van der Waals surface area contributed by atoms with Crippen LogP contribution in [0.15, 0.2) is 18.2 Å². The van der Waals surface area contributed by atoms with Gasteiger partial charge in [0, 0.05) is 31.7 Å². The number of fused-ring (bicyclic) bond motifs is 1. The van der Waals surface area contributed by atoms with E-state index in [4.69, 9.17) is 4.98 Å². The molecule has 2 heterocycles. The van der Waals surface area contributed by atoms with E-state index in [0.29, 0.717) is 5.54 Å². The predicted octanol–water partition coefficient (Wildman–Crippen LogP) is 3.96. The lowest BCUT2D eigenvalue weighted by atomic mass is 9.52. The van der Waals surface area contributed by atoms with E-state index in [2.05, 4.69) is 39.9 Å². The molecule has 5 aliphatic rings. The SMILES string of the molecule is Cc1ccc2nc(CN3CCN(C45CC6CC(CC(C6)C4)C5)CC3)[nH]c2c1. The maximum absolute atomic E-state index is 4.81. The van der Waals surface area contributed by atoms with Gasteiger partial charge in [0.2, 0.25) is 0 Å². The normalized spacial score (nSPS) is 36.7. The average molecular weight is 365 g/mol. The summed E-state index contributed by atoms with van der Waals surface area (Å²) in [5, 5.41) is 0. The summed E-state index contributed by atoms with van der Waals surface area (Å²) in [6, 6.07) is 6.49. The standard InChI is InChI=1S/C23H32N4/c1-16-2-3-20-21(8-16)25-22(24-20)15-26-4-6-27(7-5-26)23-12-17-9-18(13-23)11-19(10-17)14-23/h2-3,8,17-19H,4-7,9-15H2,1H3,(H,24,25). The maximum atomic E-state index is 4.81. The number of hydrogen-bond acceptors (Lipinski definition) is 3. The second kappa shape index (κ2) is 6.05. The Morgan fingerprint density at radius 2 is 1.67 bits per heavy atom. The van der Waals surface area contributed by atoms with E-state index < -0.39 is 0 Å². The van der Waals surface area contributed by atoms with E-state index >= 15 is 0 Å². The molecule has 7 rings (SSSR count). The van der Waals surface area contributed by atoms with Crippen LogP contribution in [0.1, 0.15) is 49.9 Å². The zero-order valence-electron chi connectivity index (χ0n) is 16.6. The zero-order chi connectivity index (χ0) is 18.0. The minimum absolute atomic E-state index is 0.581. The molecule has 1 aromatic carbocycles. The number of imidazole rings is 1. The minimum atomic E-state index is 0.581. The molecule has 0 unspecified atom stereocenters. The molecule has 0 spiro atoms. The Bertz CT molecular complexity index is 810. The third kappa shape index (κ3) is 2.84. The highest BCUT2D eigenvalue weighted by Gasteiger charge is 2.53. The van der Waals surface area contributed by atoms with E-state index in [0.717, 1.165) is 35.6 Å². The van der Waals surface area contributed by atoms with Gasteiger partial charge in [0.05, 0.1) is 17.6 Å². The molecule has 27 heavy (non-hydrogen) atoms. The number of benzene rings is 1. The summed E-state index contributed by atoms with van der Waals surface area (Å²) in [4.78, 5) is 13.9. The van der Waals surface area contributed by atoms with Gasteiger partial charge in [-0.3, -0.25) is 9.80 Å². The van der Waals surface area contributed by atoms with E-state index in [1.807, 2.05) is 0 Å². The molecule has 1 saturated heterocycles. The van der Waals surface area contributed by atoms with Crippen LogP contribution in [0, 0.1) is 24.7 Å². The smallest absolute Gasteiger partial charge is 0.121 e. The van der Waals surface area contributed by atoms with Crippen molar-refractivity contribution in [2.45, 2.75) is 57.5 Å². The van der Waals surface area contributed by atoms with Crippen molar-refractivity contribution in [2.75, 3.05) is 26.2 Å². The molecular formula is C23H32N4. The first-order valence-electron chi connectivity index (χ1n) is 11.1. The van der Waals surface area contributed by atoms with Crippen molar-refractivity contribution < 1.29 is 0 Å². The van der Waals surface area contributed by atoms with Crippen LogP contribution in [0.25, 0.3) is 11.0 Å². The Labute approximate surface area is 162 Å². The van der Waals surface area contributed by atoms with Gasteiger partial charge in [0.1, 0.15) is 5.82 Å². The van der Waals surface area contributed by atoms with Gasteiger partial charge < -0.3 is 4.98 Å². The first kappa shape index (κ1) is 16.6. The van der Waals surface area contributed by atoms with Crippen molar-refractivity contribution in [1.82, 2.24) is 19.8 Å². The predicted molar refractivity (Wildman–Crippen MR) is 109 cm³/mol. The van der Waals surface area contributed by atoms with Crippen LogP contribution < -0.4 is 0 Å². The van der Waals surface area contributed by atoms with Crippen LogP contribution in [0.3, 0.4) is 0 Å². The molecule has 4 aliphatic carbocycles. The van der Waals surface area contributed by atoms with Gasteiger partial charge in [-0.25, -0.2) is 4.98 Å². The fourth-order valence-corrected chi connectivity index (χ4v) is 7.30. The van der Waals surface area contributed by atoms with Gasteiger partial charge in [-0.2, -0.15) is 0 Å². The van der Waals surface area contributed by atoms with Crippen molar-refractivity contribution in [1.29, 1.82) is 0 Å². The van der Waals surface area contributed by atoms with Gasteiger partial charge >= 0.3 is 0 Å². The van der Waals surface area contributed by atoms with Gasteiger partial charge in [0.25, 0.3) is 0 Å². The van der Waals surface area contributed by atoms with E-state index in [1.54, 1.807) is 19.3 Å². The van der Waals surface area contributed by atoms with Crippen molar-refractivity contribution in [3.63, 3.8) is 0 Å². The van der Waals surface area contributed by atoms with E-state index in [-0.39, 0.29) is 0 Å². The highest BCUT2D eigenvalue weighted by molar-refractivity contribution is 5.75. The second-order valence-corrected chi connectivity index (χ2v) is 10.1. The van der Waals surface area contributed by atoms with Crippen LogP contribution in [-0.4, -0.2) is 51.5 Å². The molecular weight excluding hydrogens is 332 g/mol. The molecule has 4 heteroatoms. The quantitative estimate of drug-likeness (QED) is 0.895. The summed E-state index contributed by atoms with van der Waals surface area (Å²) in [6.07, 6.45) is 9.14. The van der Waals surface area contributed by atoms with E-state index in [1.165, 1.54) is 56.5 Å². The summed E-state index contributed by atoms with van der Waals surface area (Å²) < 4.78 is 0. The average Bonchev–Trinajstić information content (AvgIpc) is 3.02. The van der Waals surface area contributed by atoms with E-state index in [9.17, 15) is 0 Å². The van der Waals surface area contributed by atoms with Crippen LogP contribution >= 0.6 is 0 Å². The van der Waals surface area contributed by atoms with Crippen molar-refractivity contribution in [2.24, 2.45) is 17.8 Å². The van der Waals surface area contributed by atoms with Crippen LogP contribution in [0.5, 0.6) is 0 Å². The Kier molecular flexibility index (Phi) is 3.71. The number of rotatable bonds is 3. The molecule has 5 fully saturated rings. The van der Waals surface area contributed by atoms with Crippen molar-refractivity contribution >= 4 is 11.0 Å². The maximum Gasteiger partial charge on any atom is 0.121 e. The number of hydrogen-bond donors (Lipinski definition) is 1. The Morgan fingerprint density at radius 1 is 1.00 bits per heavy atom. The number of piperazine rings is 1. The molecule has 4 saturated carbocycles. The summed E-state index contributed by atoms with van der Waals surface area (Å²) in [5.74, 6) is 4.27. The zero-order valence-corrected chi connectivity index (χ0v) is 16.6. The van der Waals surface area contributed by atoms with Gasteiger partial charge in [-0.15, -0.1) is 0 Å². The molecule has 4 bridgehead atoms. The molecule has 144 valence electrons. The Morgan fingerprint density at radius 3 is 2.33 bits per heavy atom. The van der Waals surface area contributed by atoms with Gasteiger partial charge in [-0.05, 0) is 80.9 Å². The molecule has 0 amide bonds. The lowest BCUT2D eigenvalue weighted by Crippen LogP contribution is -2.63. The number of aryl methyl sites for hydroxylation is 1. The van der Waals surface area contributed by atoms with Gasteiger partial charge in [-0.1, -0.05) is 6.07 Å². The first-order chi connectivity index (χ1) is 13.1. The Balaban J connectivity index is 1.12. The monoisotopic (exact) mass is 364 g/mol. The minimum Gasteiger partial charge on any atom is -0.341 e. The molecule has 1 aromatic heterocycles.